The topological polar surface area (TPSA) is 33.6 Å². The molecule has 0 aliphatic carbocycles. The van der Waals surface area contributed by atoms with Crippen LogP contribution in [0.4, 0.5) is 0 Å². The lowest BCUT2D eigenvalue weighted by Crippen LogP contribution is -1.99. The van der Waals surface area contributed by atoms with Crippen molar-refractivity contribution in [2.45, 2.75) is 0 Å². The molecule has 0 saturated heterocycles. The van der Waals surface area contributed by atoms with E-state index in [-0.39, 0.29) is 0 Å². The highest BCUT2D eigenvalue weighted by molar-refractivity contribution is 6.10. The van der Waals surface area contributed by atoms with Crippen molar-refractivity contribution in [3.63, 3.8) is 0 Å². The fourth-order valence-corrected chi connectivity index (χ4v) is 7.23. The third-order valence-corrected chi connectivity index (χ3v) is 9.19. The molecule has 0 atom stereocenters. The fraction of sp³-hybridized carbons (Fsp3) is 0. The standard InChI is InChI=1S/C43H27N3/c44-28-38-31(29-13-11-14-30(27-29)45-39-22-6-2-16-34(39)35-17-3-7-23-40(35)45)20-12-21-32(38)33-15-1-8-24-41(33)46-42-25-9-4-18-36(42)37-19-5-10-26-43(37)46/h1-27H. The van der Waals surface area contributed by atoms with Gasteiger partial charge in [0.25, 0.3) is 0 Å². The van der Waals surface area contributed by atoms with Crippen molar-refractivity contribution in [1.29, 1.82) is 5.26 Å². The molecule has 0 aliphatic heterocycles. The van der Waals surface area contributed by atoms with Gasteiger partial charge in [-0.2, -0.15) is 5.26 Å². The molecule has 2 heterocycles. The van der Waals surface area contributed by atoms with Gasteiger partial charge >= 0.3 is 0 Å². The summed E-state index contributed by atoms with van der Waals surface area (Å²) in [6.07, 6.45) is 0. The number of aromatic nitrogens is 2. The second-order valence-electron chi connectivity index (χ2n) is 11.6. The molecule has 3 nitrogen and oxygen atoms in total. The predicted molar refractivity (Wildman–Crippen MR) is 191 cm³/mol. The van der Waals surface area contributed by atoms with Crippen LogP contribution in [-0.2, 0) is 0 Å². The first-order valence-corrected chi connectivity index (χ1v) is 15.5. The third-order valence-electron chi connectivity index (χ3n) is 9.19. The van der Waals surface area contributed by atoms with Crippen molar-refractivity contribution < 1.29 is 0 Å². The quantitative estimate of drug-likeness (QED) is 0.202. The van der Waals surface area contributed by atoms with Crippen LogP contribution < -0.4 is 0 Å². The maximum Gasteiger partial charge on any atom is 0.100 e. The number of fused-ring (bicyclic) bond motifs is 6. The van der Waals surface area contributed by atoms with E-state index in [4.69, 9.17) is 0 Å². The number of benzene rings is 7. The summed E-state index contributed by atoms with van der Waals surface area (Å²) in [6.45, 7) is 0. The Morgan fingerprint density at radius 1 is 0.391 bits per heavy atom. The molecule has 214 valence electrons. The molecule has 3 heteroatoms. The summed E-state index contributed by atoms with van der Waals surface area (Å²) in [6, 6.07) is 60.0. The van der Waals surface area contributed by atoms with Crippen LogP contribution in [0.5, 0.6) is 0 Å². The van der Waals surface area contributed by atoms with E-state index in [1.165, 1.54) is 21.5 Å². The van der Waals surface area contributed by atoms with Gasteiger partial charge in [0.1, 0.15) is 6.07 Å². The second-order valence-corrected chi connectivity index (χ2v) is 11.6. The third kappa shape index (κ3) is 3.84. The molecular formula is C43H27N3. The van der Waals surface area contributed by atoms with Crippen molar-refractivity contribution in [2.24, 2.45) is 0 Å². The minimum absolute atomic E-state index is 0.662. The molecule has 9 aromatic rings. The SMILES string of the molecule is N#Cc1c(-c2cccc(-n3c4ccccc4c4ccccc43)c2)cccc1-c1ccccc1-n1c2ccccc2c2ccccc21. The second kappa shape index (κ2) is 10.4. The summed E-state index contributed by atoms with van der Waals surface area (Å²) in [5.41, 5.74) is 11.2. The van der Waals surface area contributed by atoms with Crippen LogP contribution in [0, 0.1) is 11.3 Å². The molecule has 0 amide bonds. The van der Waals surface area contributed by atoms with Crippen LogP contribution in [0.2, 0.25) is 0 Å². The fourth-order valence-electron chi connectivity index (χ4n) is 7.23. The number of para-hydroxylation sites is 5. The monoisotopic (exact) mass is 585 g/mol. The molecule has 2 aromatic heterocycles. The molecule has 0 aliphatic rings. The molecule has 9 rings (SSSR count). The summed E-state index contributed by atoms with van der Waals surface area (Å²) in [5, 5.41) is 15.6. The highest BCUT2D eigenvalue weighted by Crippen LogP contribution is 2.40. The first-order valence-electron chi connectivity index (χ1n) is 15.5. The normalized spacial score (nSPS) is 11.5. The van der Waals surface area contributed by atoms with E-state index >= 15 is 0 Å². The molecule has 7 aromatic carbocycles. The first kappa shape index (κ1) is 26.1. The van der Waals surface area contributed by atoms with Crippen molar-refractivity contribution >= 4 is 43.6 Å². The van der Waals surface area contributed by atoms with E-state index in [1.807, 2.05) is 0 Å². The Balaban J connectivity index is 1.25. The van der Waals surface area contributed by atoms with Gasteiger partial charge in [-0.1, -0.05) is 121 Å². The lowest BCUT2D eigenvalue weighted by molar-refractivity contribution is 1.18. The number of nitrogens with zero attached hydrogens (tertiary/aromatic N) is 3. The minimum atomic E-state index is 0.662. The minimum Gasteiger partial charge on any atom is -0.309 e. The molecule has 0 unspecified atom stereocenters. The lowest BCUT2D eigenvalue weighted by atomic mass is 9.91. The Hall–Kier alpha value is -6.37. The zero-order valence-corrected chi connectivity index (χ0v) is 24.9. The highest BCUT2D eigenvalue weighted by atomic mass is 15.0. The van der Waals surface area contributed by atoms with E-state index in [0.29, 0.717) is 5.56 Å². The van der Waals surface area contributed by atoms with Crippen LogP contribution >= 0.6 is 0 Å². The Kier molecular flexibility index (Phi) is 5.88. The molecule has 0 bridgehead atoms. The summed E-state index contributed by atoms with van der Waals surface area (Å²) < 4.78 is 4.65. The van der Waals surface area contributed by atoms with Crippen LogP contribution in [-0.4, -0.2) is 9.13 Å². The van der Waals surface area contributed by atoms with Gasteiger partial charge < -0.3 is 9.13 Å². The average Bonchev–Trinajstić information content (AvgIpc) is 3.64. The van der Waals surface area contributed by atoms with Gasteiger partial charge in [-0.15, -0.1) is 0 Å². The van der Waals surface area contributed by atoms with E-state index in [9.17, 15) is 5.26 Å². The first-order chi connectivity index (χ1) is 22.8. The molecule has 0 radical (unpaired) electrons. The molecule has 46 heavy (non-hydrogen) atoms. The Morgan fingerprint density at radius 2 is 0.848 bits per heavy atom. The average molecular weight is 586 g/mol. The van der Waals surface area contributed by atoms with Crippen LogP contribution in [0.25, 0.3) is 77.2 Å². The summed E-state index contributed by atoms with van der Waals surface area (Å²) in [5.74, 6) is 0. The number of hydrogen-bond acceptors (Lipinski definition) is 1. The maximum absolute atomic E-state index is 10.8. The molecular weight excluding hydrogens is 558 g/mol. The van der Waals surface area contributed by atoms with Crippen molar-refractivity contribution in [3.8, 4) is 39.7 Å². The van der Waals surface area contributed by atoms with E-state index in [2.05, 4.69) is 179 Å². The van der Waals surface area contributed by atoms with E-state index in [1.54, 1.807) is 0 Å². The molecule has 0 N–H and O–H groups in total. The lowest BCUT2D eigenvalue weighted by Gasteiger charge is -2.17. The van der Waals surface area contributed by atoms with Crippen LogP contribution in [0.1, 0.15) is 5.56 Å². The van der Waals surface area contributed by atoms with E-state index in [0.717, 1.165) is 55.7 Å². The largest absolute Gasteiger partial charge is 0.309 e. The van der Waals surface area contributed by atoms with Crippen molar-refractivity contribution in [2.75, 3.05) is 0 Å². The van der Waals surface area contributed by atoms with Gasteiger partial charge in [0.05, 0.1) is 33.3 Å². The van der Waals surface area contributed by atoms with Gasteiger partial charge in [-0.3, -0.25) is 0 Å². The van der Waals surface area contributed by atoms with Gasteiger partial charge in [0.15, 0.2) is 0 Å². The Bertz CT molecular complexity index is 2560. The van der Waals surface area contributed by atoms with Gasteiger partial charge in [0.2, 0.25) is 0 Å². The smallest absolute Gasteiger partial charge is 0.100 e. The zero-order chi connectivity index (χ0) is 30.6. The molecule has 0 spiro atoms. The molecule has 0 saturated carbocycles. The number of hydrogen-bond donors (Lipinski definition) is 0. The van der Waals surface area contributed by atoms with Gasteiger partial charge in [-0.25, -0.2) is 0 Å². The van der Waals surface area contributed by atoms with E-state index < -0.39 is 0 Å². The number of nitriles is 1. The van der Waals surface area contributed by atoms with Crippen molar-refractivity contribution in [3.05, 3.63) is 169 Å². The Labute approximate surface area is 266 Å². The van der Waals surface area contributed by atoms with Crippen LogP contribution in [0.3, 0.4) is 0 Å². The summed E-state index contributed by atoms with van der Waals surface area (Å²) in [4.78, 5) is 0. The van der Waals surface area contributed by atoms with Gasteiger partial charge in [-0.05, 0) is 48.0 Å². The van der Waals surface area contributed by atoms with Gasteiger partial charge in [0, 0.05) is 43.9 Å². The van der Waals surface area contributed by atoms with Crippen LogP contribution in [0.15, 0.2) is 164 Å². The maximum atomic E-state index is 10.8. The zero-order valence-electron chi connectivity index (χ0n) is 24.9. The Morgan fingerprint density at radius 3 is 1.43 bits per heavy atom. The predicted octanol–water partition coefficient (Wildman–Crippen LogP) is 11.1. The molecule has 0 fully saturated rings. The van der Waals surface area contributed by atoms with Crippen molar-refractivity contribution in [1.82, 2.24) is 9.13 Å². The summed E-state index contributed by atoms with van der Waals surface area (Å²) in [7, 11) is 0. The summed E-state index contributed by atoms with van der Waals surface area (Å²) >= 11 is 0. The number of rotatable bonds is 4. The highest BCUT2D eigenvalue weighted by Gasteiger charge is 2.19.